The lowest BCUT2D eigenvalue weighted by Gasteiger charge is -2.16. The molecule has 0 radical (unpaired) electrons. The van der Waals surface area contributed by atoms with Crippen LogP contribution in [0.5, 0.6) is 5.75 Å². The number of ketones is 1. The first kappa shape index (κ1) is 20.9. The Morgan fingerprint density at radius 3 is 2.22 bits per heavy atom. The maximum absolute atomic E-state index is 13.0. The standard InChI is InChI=1S/C19H19ClO6S/c1-4-26-19(22)17(12-5-7-13(25-2)8-6-12)18(21)15-10-9-14(11-16(15)20)27(3,23)24/h5-11,17H,4H2,1-3H3/t17-/m0/s1. The van der Waals surface area contributed by atoms with Crippen LogP contribution in [0.25, 0.3) is 0 Å². The summed E-state index contributed by atoms with van der Waals surface area (Å²) >= 11 is 6.13. The molecule has 0 aliphatic rings. The Labute approximate surface area is 163 Å². The molecule has 0 amide bonds. The van der Waals surface area contributed by atoms with Crippen LogP contribution < -0.4 is 4.74 Å². The highest BCUT2D eigenvalue weighted by Crippen LogP contribution is 2.29. The van der Waals surface area contributed by atoms with Gasteiger partial charge >= 0.3 is 5.97 Å². The van der Waals surface area contributed by atoms with Gasteiger partial charge < -0.3 is 9.47 Å². The van der Waals surface area contributed by atoms with Crippen LogP contribution in [-0.2, 0) is 19.4 Å². The van der Waals surface area contributed by atoms with Crippen LogP contribution in [-0.4, -0.2) is 40.1 Å². The third kappa shape index (κ3) is 4.87. The van der Waals surface area contributed by atoms with E-state index in [2.05, 4.69) is 0 Å². The monoisotopic (exact) mass is 410 g/mol. The second kappa shape index (κ2) is 8.54. The third-order valence-corrected chi connectivity index (χ3v) is 5.29. The molecule has 2 rings (SSSR count). The molecule has 0 aliphatic carbocycles. The SMILES string of the molecule is CCOC(=O)[C@H](C(=O)c1ccc(S(C)(=O)=O)cc1Cl)c1ccc(OC)cc1. The Bertz CT molecular complexity index is 951. The maximum Gasteiger partial charge on any atom is 0.321 e. The first-order valence-corrected chi connectivity index (χ1v) is 10.3. The number of hydrogen-bond donors (Lipinski definition) is 0. The van der Waals surface area contributed by atoms with Gasteiger partial charge in [-0.15, -0.1) is 0 Å². The van der Waals surface area contributed by atoms with E-state index in [1.165, 1.54) is 25.3 Å². The van der Waals surface area contributed by atoms with Gasteiger partial charge in [-0.25, -0.2) is 8.42 Å². The van der Waals surface area contributed by atoms with E-state index >= 15 is 0 Å². The highest BCUT2D eigenvalue weighted by atomic mass is 35.5. The first-order chi connectivity index (χ1) is 12.7. The van der Waals surface area contributed by atoms with E-state index in [1.807, 2.05) is 0 Å². The van der Waals surface area contributed by atoms with E-state index in [1.54, 1.807) is 31.2 Å². The Kier molecular flexibility index (Phi) is 6.62. The fourth-order valence-corrected chi connectivity index (χ4v) is 3.48. The number of ether oxygens (including phenoxy) is 2. The highest BCUT2D eigenvalue weighted by Gasteiger charge is 2.32. The normalized spacial score (nSPS) is 12.3. The average Bonchev–Trinajstić information content (AvgIpc) is 2.61. The Morgan fingerprint density at radius 2 is 1.74 bits per heavy atom. The van der Waals surface area contributed by atoms with E-state index in [4.69, 9.17) is 21.1 Å². The summed E-state index contributed by atoms with van der Waals surface area (Å²) in [4.78, 5) is 25.5. The van der Waals surface area contributed by atoms with Crippen LogP contribution in [0.4, 0.5) is 0 Å². The van der Waals surface area contributed by atoms with Crippen molar-refractivity contribution in [3.63, 3.8) is 0 Å². The molecule has 144 valence electrons. The van der Waals surface area contributed by atoms with Crippen molar-refractivity contribution >= 4 is 33.2 Å². The van der Waals surface area contributed by atoms with Crippen LogP contribution in [0.3, 0.4) is 0 Å². The van der Waals surface area contributed by atoms with E-state index < -0.39 is 27.5 Å². The van der Waals surface area contributed by atoms with Crippen LogP contribution in [0.1, 0.15) is 28.8 Å². The van der Waals surface area contributed by atoms with E-state index in [0.717, 1.165) is 6.26 Å². The minimum Gasteiger partial charge on any atom is -0.497 e. The molecule has 8 heteroatoms. The lowest BCUT2D eigenvalue weighted by Crippen LogP contribution is -2.24. The van der Waals surface area contributed by atoms with Gasteiger partial charge in [0.2, 0.25) is 0 Å². The van der Waals surface area contributed by atoms with Crippen molar-refractivity contribution in [1.29, 1.82) is 0 Å². The zero-order valence-electron chi connectivity index (χ0n) is 15.1. The van der Waals surface area contributed by atoms with Gasteiger partial charge in [0.05, 0.1) is 23.6 Å². The predicted molar refractivity (Wildman–Crippen MR) is 101 cm³/mol. The molecule has 1 atom stereocenters. The molecule has 0 aliphatic heterocycles. The third-order valence-electron chi connectivity index (χ3n) is 3.87. The van der Waals surface area contributed by atoms with E-state index in [0.29, 0.717) is 11.3 Å². The molecule has 0 saturated carbocycles. The van der Waals surface area contributed by atoms with Gasteiger partial charge in [0.15, 0.2) is 15.6 Å². The van der Waals surface area contributed by atoms with Gasteiger partial charge in [-0.3, -0.25) is 9.59 Å². The highest BCUT2D eigenvalue weighted by molar-refractivity contribution is 7.90. The molecular weight excluding hydrogens is 392 g/mol. The number of benzene rings is 2. The number of carbonyl (C=O) groups is 2. The molecule has 0 bridgehead atoms. The minimum atomic E-state index is -3.47. The van der Waals surface area contributed by atoms with Crippen molar-refractivity contribution in [3.05, 3.63) is 58.6 Å². The number of halogens is 1. The van der Waals surface area contributed by atoms with Crippen LogP contribution in [0.2, 0.25) is 5.02 Å². The molecular formula is C19H19ClO6S. The smallest absolute Gasteiger partial charge is 0.321 e. The molecule has 0 spiro atoms. The van der Waals surface area contributed by atoms with Crippen LogP contribution >= 0.6 is 11.6 Å². The van der Waals surface area contributed by atoms with Gasteiger partial charge in [0, 0.05) is 11.8 Å². The minimum absolute atomic E-state index is 0.0128. The van der Waals surface area contributed by atoms with Crippen molar-refractivity contribution in [2.24, 2.45) is 0 Å². The van der Waals surface area contributed by atoms with Crippen LogP contribution in [0, 0.1) is 0 Å². The summed E-state index contributed by atoms with van der Waals surface area (Å²) in [5.74, 6) is -1.94. The number of methoxy groups -OCH3 is 1. The molecule has 0 unspecified atom stereocenters. The zero-order valence-corrected chi connectivity index (χ0v) is 16.6. The quantitative estimate of drug-likeness (QED) is 0.395. The summed E-state index contributed by atoms with van der Waals surface area (Å²) in [5, 5.41) is -0.0502. The van der Waals surface area contributed by atoms with Gasteiger partial charge in [-0.2, -0.15) is 0 Å². The van der Waals surface area contributed by atoms with Gasteiger partial charge in [0.1, 0.15) is 11.7 Å². The molecule has 0 aromatic heterocycles. The van der Waals surface area contributed by atoms with Crippen molar-refractivity contribution < 1.29 is 27.5 Å². The largest absolute Gasteiger partial charge is 0.497 e. The molecule has 2 aromatic carbocycles. The zero-order chi connectivity index (χ0) is 20.2. The summed E-state index contributed by atoms with van der Waals surface area (Å²) in [6, 6.07) is 10.2. The molecule has 6 nitrogen and oxygen atoms in total. The maximum atomic E-state index is 13.0. The summed E-state index contributed by atoms with van der Waals surface area (Å²) in [6.45, 7) is 1.75. The van der Waals surface area contributed by atoms with Gasteiger partial charge in [-0.1, -0.05) is 23.7 Å². The molecule has 27 heavy (non-hydrogen) atoms. The second-order valence-electron chi connectivity index (χ2n) is 5.74. The van der Waals surface area contributed by atoms with Crippen molar-refractivity contribution in [3.8, 4) is 5.75 Å². The number of carbonyl (C=O) groups excluding carboxylic acids is 2. The van der Waals surface area contributed by atoms with Gasteiger partial charge in [0.25, 0.3) is 0 Å². The molecule has 0 fully saturated rings. The van der Waals surface area contributed by atoms with E-state index in [-0.39, 0.29) is 22.1 Å². The fourth-order valence-electron chi connectivity index (χ4n) is 2.50. The van der Waals surface area contributed by atoms with Crippen LogP contribution in [0.15, 0.2) is 47.4 Å². The average molecular weight is 411 g/mol. The van der Waals surface area contributed by atoms with Crippen molar-refractivity contribution in [2.45, 2.75) is 17.7 Å². The topological polar surface area (TPSA) is 86.7 Å². The molecule has 0 saturated heterocycles. The van der Waals surface area contributed by atoms with Crippen molar-refractivity contribution in [1.82, 2.24) is 0 Å². The predicted octanol–water partition coefficient (Wildman–Crippen LogP) is 3.28. The van der Waals surface area contributed by atoms with E-state index in [9.17, 15) is 18.0 Å². The number of esters is 1. The molecule has 2 aromatic rings. The first-order valence-electron chi connectivity index (χ1n) is 8.03. The Balaban J connectivity index is 2.49. The number of rotatable bonds is 7. The summed E-state index contributed by atoms with van der Waals surface area (Å²) in [5.41, 5.74) is 0.459. The van der Waals surface area contributed by atoms with Crippen molar-refractivity contribution in [2.75, 3.05) is 20.0 Å². The summed E-state index contributed by atoms with van der Waals surface area (Å²) in [6.07, 6.45) is 1.04. The summed E-state index contributed by atoms with van der Waals surface area (Å²) < 4.78 is 33.4. The number of sulfone groups is 1. The fraction of sp³-hybridized carbons (Fsp3) is 0.263. The second-order valence-corrected chi connectivity index (χ2v) is 8.16. The number of hydrogen-bond acceptors (Lipinski definition) is 6. The molecule has 0 heterocycles. The Hall–Kier alpha value is -2.38. The molecule has 0 N–H and O–H groups in total. The van der Waals surface area contributed by atoms with Gasteiger partial charge in [-0.05, 0) is 42.8 Å². The lowest BCUT2D eigenvalue weighted by atomic mass is 9.90. The number of Topliss-reactive ketones (excluding diaryl/α,β-unsaturated/α-hetero) is 1. The Morgan fingerprint density at radius 1 is 1.11 bits per heavy atom. The lowest BCUT2D eigenvalue weighted by molar-refractivity contribution is -0.143. The summed E-state index contributed by atoms with van der Waals surface area (Å²) in [7, 11) is -1.97.